The van der Waals surface area contributed by atoms with E-state index >= 15 is 0 Å². The minimum absolute atomic E-state index is 0.448. The SMILES string of the molecule is CCNC(=NCc1ccc(C)cc1C)NCC(C)N1CCOCC1C. The summed E-state index contributed by atoms with van der Waals surface area (Å²) in [6, 6.07) is 7.47. The smallest absolute Gasteiger partial charge is 0.191 e. The molecule has 2 rings (SSSR count). The van der Waals surface area contributed by atoms with Gasteiger partial charge in [0.15, 0.2) is 5.96 Å². The molecule has 0 spiro atoms. The topological polar surface area (TPSA) is 48.9 Å². The van der Waals surface area contributed by atoms with Gasteiger partial charge in [-0.2, -0.15) is 0 Å². The molecule has 1 aliphatic rings. The van der Waals surface area contributed by atoms with E-state index in [9.17, 15) is 0 Å². The van der Waals surface area contributed by atoms with Gasteiger partial charge in [-0.15, -0.1) is 0 Å². The summed E-state index contributed by atoms with van der Waals surface area (Å²) in [4.78, 5) is 7.27. The first kappa shape index (κ1) is 19.7. The van der Waals surface area contributed by atoms with Gasteiger partial charge in [-0.3, -0.25) is 4.90 Å². The number of nitrogens with one attached hydrogen (secondary N) is 2. The molecule has 1 fully saturated rings. The Labute approximate surface area is 152 Å². The summed E-state index contributed by atoms with van der Waals surface area (Å²) in [5, 5.41) is 6.84. The van der Waals surface area contributed by atoms with Crippen molar-refractivity contribution < 1.29 is 4.74 Å². The van der Waals surface area contributed by atoms with Crippen LogP contribution in [-0.2, 0) is 11.3 Å². The second-order valence-corrected chi connectivity index (χ2v) is 7.02. The molecular formula is C20H34N4O. The predicted octanol–water partition coefficient (Wildman–Crippen LogP) is 2.47. The number of guanidine groups is 1. The van der Waals surface area contributed by atoms with E-state index in [1.54, 1.807) is 0 Å². The minimum atomic E-state index is 0.448. The lowest BCUT2D eigenvalue weighted by Gasteiger charge is -2.38. The highest BCUT2D eigenvalue weighted by molar-refractivity contribution is 5.79. The number of benzene rings is 1. The van der Waals surface area contributed by atoms with E-state index < -0.39 is 0 Å². The number of ether oxygens (including phenoxy) is 1. The second kappa shape index (κ2) is 9.78. The molecule has 1 aromatic rings. The number of nitrogens with zero attached hydrogens (tertiary/aromatic N) is 2. The second-order valence-electron chi connectivity index (χ2n) is 7.02. The van der Waals surface area contributed by atoms with Gasteiger partial charge in [0.25, 0.3) is 0 Å². The zero-order chi connectivity index (χ0) is 18.2. The summed E-state index contributed by atoms with van der Waals surface area (Å²) >= 11 is 0. The van der Waals surface area contributed by atoms with E-state index in [0.29, 0.717) is 18.6 Å². The van der Waals surface area contributed by atoms with Crippen LogP contribution in [0, 0.1) is 13.8 Å². The summed E-state index contributed by atoms with van der Waals surface area (Å²) in [5.41, 5.74) is 3.87. The van der Waals surface area contributed by atoms with Crippen LogP contribution in [0.15, 0.2) is 23.2 Å². The van der Waals surface area contributed by atoms with Crippen LogP contribution < -0.4 is 10.6 Å². The molecule has 2 N–H and O–H groups in total. The van der Waals surface area contributed by atoms with Crippen molar-refractivity contribution >= 4 is 5.96 Å². The Morgan fingerprint density at radius 1 is 1.36 bits per heavy atom. The molecule has 0 amide bonds. The molecule has 1 saturated heterocycles. The summed E-state index contributed by atoms with van der Waals surface area (Å²) in [6.07, 6.45) is 0. The molecule has 25 heavy (non-hydrogen) atoms. The fraction of sp³-hybridized carbons (Fsp3) is 0.650. The maximum absolute atomic E-state index is 5.54. The molecule has 2 atom stereocenters. The van der Waals surface area contributed by atoms with Crippen LogP contribution in [0.1, 0.15) is 37.5 Å². The number of rotatable bonds is 6. The van der Waals surface area contributed by atoms with Gasteiger partial charge in [-0.25, -0.2) is 4.99 Å². The average Bonchev–Trinajstić information content (AvgIpc) is 2.58. The lowest BCUT2D eigenvalue weighted by atomic mass is 10.1. The molecule has 5 heteroatoms. The number of aryl methyl sites for hydroxylation is 2. The van der Waals surface area contributed by atoms with Crippen LogP contribution in [0.25, 0.3) is 0 Å². The van der Waals surface area contributed by atoms with Gasteiger partial charge in [0, 0.05) is 31.7 Å². The Bertz CT molecular complexity index is 573. The summed E-state index contributed by atoms with van der Waals surface area (Å²) in [5.74, 6) is 0.884. The predicted molar refractivity (Wildman–Crippen MR) is 105 cm³/mol. The molecule has 0 aliphatic carbocycles. The molecule has 1 aliphatic heterocycles. The van der Waals surface area contributed by atoms with Gasteiger partial charge >= 0.3 is 0 Å². The van der Waals surface area contributed by atoms with E-state index in [2.05, 4.69) is 68.4 Å². The molecule has 1 heterocycles. The van der Waals surface area contributed by atoms with Crippen LogP contribution in [0.2, 0.25) is 0 Å². The van der Waals surface area contributed by atoms with Gasteiger partial charge in [0.1, 0.15) is 0 Å². The van der Waals surface area contributed by atoms with E-state index in [-0.39, 0.29) is 0 Å². The van der Waals surface area contributed by atoms with Gasteiger partial charge in [0.2, 0.25) is 0 Å². The third-order valence-electron chi connectivity index (χ3n) is 4.80. The van der Waals surface area contributed by atoms with E-state index in [1.807, 2.05) is 0 Å². The van der Waals surface area contributed by atoms with Crippen LogP contribution in [0.4, 0.5) is 0 Å². The summed E-state index contributed by atoms with van der Waals surface area (Å²) in [6.45, 7) is 16.0. The molecule has 5 nitrogen and oxygen atoms in total. The Kier molecular flexibility index (Phi) is 7.72. The number of hydrogen-bond donors (Lipinski definition) is 2. The van der Waals surface area contributed by atoms with Crippen LogP contribution in [-0.4, -0.2) is 55.8 Å². The number of aliphatic imine (C=N–C) groups is 1. The fourth-order valence-corrected chi connectivity index (χ4v) is 3.29. The maximum atomic E-state index is 5.54. The molecule has 140 valence electrons. The third-order valence-corrected chi connectivity index (χ3v) is 4.80. The number of morpholine rings is 1. The van der Waals surface area contributed by atoms with E-state index in [4.69, 9.17) is 9.73 Å². The van der Waals surface area contributed by atoms with E-state index in [1.165, 1.54) is 16.7 Å². The quantitative estimate of drug-likeness (QED) is 0.614. The lowest BCUT2D eigenvalue weighted by molar-refractivity contribution is -0.0174. The van der Waals surface area contributed by atoms with Crippen molar-refractivity contribution in [1.29, 1.82) is 0 Å². The fourth-order valence-electron chi connectivity index (χ4n) is 3.29. The first-order valence-corrected chi connectivity index (χ1v) is 9.43. The average molecular weight is 347 g/mol. The molecule has 1 aromatic carbocycles. The van der Waals surface area contributed by atoms with Gasteiger partial charge in [-0.1, -0.05) is 23.8 Å². The summed E-state index contributed by atoms with van der Waals surface area (Å²) in [7, 11) is 0. The van der Waals surface area contributed by atoms with Crippen molar-refractivity contribution in [2.24, 2.45) is 4.99 Å². The Morgan fingerprint density at radius 3 is 2.84 bits per heavy atom. The standard InChI is InChI=1S/C20H34N4O/c1-6-21-20(23-13-19-8-7-15(2)11-16(19)3)22-12-17(4)24-9-10-25-14-18(24)5/h7-8,11,17-18H,6,9-10,12-14H2,1-5H3,(H2,21,22,23). The van der Waals surface area contributed by atoms with Crippen LogP contribution >= 0.6 is 0 Å². The highest BCUT2D eigenvalue weighted by atomic mass is 16.5. The van der Waals surface area contributed by atoms with E-state index in [0.717, 1.165) is 38.8 Å². The third kappa shape index (κ3) is 6.01. The normalized spacial score (nSPS) is 20.4. The Balaban J connectivity index is 1.92. The van der Waals surface area contributed by atoms with Gasteiger partial charge in [-0.05, 0) is 45.7 Å². The van der Waals surface area contributed by atoms with Gasteiger partial charge in [0.05, 0.1) is 19.8 Å². The number of hydrogen-bond acceptors (Lipinski definition) is 3. The van der Waals surface area contributed by atoms with Crippen molar-refractivity contribution in [2.75, 3.05) is 32.8 Å². The Hall–Kier alpha value is -1.59. The van der Waals surface area contributed by atoms with Crippen molar-refractivity contribution in [3.8, 4) is 0 Å². The van der Waals surface area contributed by atoms with Gasteiger partial charge < -0.3 is 15.4 Å². The molecule has 0 aromatic heterocycles. The highest BCUT2D eigenvalue weighted by Gasteiger charge is 2.23. The molecule has 0 saturated carbocycles. The van der Waals surface area contributed by atoms with Crippen molar-refractivity contribution in [3.05, 3.63) is 34.9 Å². The lowest BCUT2D eigenvalue weighted by Crippen LogP contribution is -2.53. The molecule has 2 unspecified atom stereocenters. The maximum Gasteiger partial charge on any atom is 0.191 e. The zero-order valence-corrected chi connectivity index (χ0v) is 16.4. The first-order valence-electron chi connectivity index (χ1n) is 9.43. The van der Waals surface area contributed by atoms with Crippen molar-refractivity contribution in [2.45, 2.75) is 53.2 Å². The molecule has 0 radical (unpaired) electrons. The molecular weight excluding hydrogens is 312 g/mol. The molecule has 0 bridgehead atoms. The largest absolute Gasteiger partial charge is 0.379 e. The monoisotopic (exact) mass is 346 g/mol. The Morgan fingerprint density at radius 2 is 2.16 bits per heavy atom. The summed E-state index contributed by atoms with van der Waals surface area (Å²) < 4.78 is 5.54. The first-order chi connectivity index (χ1) is 12.0. The van der Waals surface area contributed by atoms with Crippen molar-refractivity contribution in [1.82, 2.24) is 15.5 Å². The highest BCUT2D eigenvalue weighted by Crippen LogP contribution is 2.12. The van der Waals surface area contributed by atoms with Crippen LogP contribution in [0.3, 0.4) is 0 Å². The zero-order valence-electron chi connectivity index (χ0n) is 16.4. The van der Waals surface area contributed by atoms with Crippen molar-refractivity contribution in [3.63, 3.8) is 0 Å². The van der Waals surface area contributed by atoms with Crippen LogP contribution in [0.5, 0.6) is 0 Å². The minimum Gasteiger partial charge on any atom is -0.379 e.